The van der Waals surface area contributed by atoms with Gasteiger partial charge in [-0.05, 0) is 17.9 Å². The SMILES string of the molecule is CC(=O)Nc1cnc(N2CCNCC2)c(C(=O)N(CC(C)C)CC(C)C)c1.O=C(O)C(F)(F)F. The van der Waals surface area contributed by atoms with Crippen LogP contribution >= 0.6 is 0 Å². The topological polar surface area (TPSA) is 115 Å². The second-order valence-corrected chi connectivity index (χ2v) is 8.81. The normalized spacial score (nSPS) is 13.9. The fourth-order valence-corrected chi connectivity index (χ4v) is 3.31. The molecular formula is C22H34F3N5O4. The summed E-state index contributed by atoms with van der Waals surface area (Å²) in [5, 5.41) is 13.2. The van der Waals surface area contributed by atoms with E-state index in [0.29, 0.717) is 42.0 Å². The van der Waals surface area contributed by atoms with Crippen molar-refractivity contribution in [2.45, 2.75) is 40.8 Å². The van der Waals surface area contributed by atoms with Crippen LogP contribution < -0.4 is 15.5 Å². The van der Waals surface area contributed by atoms with Gasteiger partial charge < -0.3 is 25.5 Å². The number of aliphatic carboxylic acids is 1. The summed E-state index contributed by atoms with van der Waals surface area (Å²) in [6.07, 6.45) is -3.45. The molecule has 34 heavy (non-hydrogen) atoms. The number of aromatic nitrogens is 1. The van der Waals surface area contributed by atoms with Crippen LogP contribution in [-0.2, 0) is 9.59 Å². The van der Waals surface area contributed by atoms with Crippen molar-refractivity contribution in [3.63, 3.8) is 0 Å². The van der Waals surface area contributed by atoms with E-state index in [-0.39, 0.29) is 11.8 Å². The van der Waals surface area contributed by atoms with Crippen molar-refractivity contribution in [1.29, 1.82) is 0 Å². The van der Waals surface area contributed by atoms with Gasteiger partial charge in [-0.2, -0.15) is 13.2 Å². The zero-order valence-electron chi connectivity index (χ0n) is 20.2. The number of rotatable bonds is 7. The van der Waals surface area contributed by atoms with Crippen LogP contribution in [0, 0.1) is 11.8 Å². The van der Waals surface area contributed by atoms with E-state index in [9.17, 15) is 22.8 Å². The molecule has 2 heterocycles. The first-order valence-corrected chi connectivity index (χ1v) is 11.0. The van der Waals surface area contributed by atoms with E-state index in [1.54, 1.807) is 12.3 Å². The lowest BCUT2D eigenvalue weighted by molar-refractivity contribution is -0.192. The van der Waals surface area contributed by atoms with Gasteiger partial charge in [-0.1, -0.05) is 27.7 Å². The van der Waals surface area contributed by atoms with E-state index in [1.165, 1.54) is 6.92 Å². The number of hydrogen-bond acceptors (Lipinski definition) is 6. The number of alkyl halides is 3. The summed E-state index contributed by atoms with van der Waals surface area (Å²) in [4.78, 5) is 42.4. The summed E-state index contributed by atoms with van der Waals surface area (Å²) < 4.78 is 31.7. The second-order valence-electron chi connectivity index (χ2n) is 8.81. The zero-order valence-corrected chi connectivity index (χ0v) is 20.2. The van der Waals surface area contributed by atoms with Crippen molar-refractivity contribution in [1.82, 2.24) is 15.2 Å². The number of hydrogen-bond donors (Lipinski definition) is 3. The molecule has 0 unspecified atom stereocenters. The first-order valence-electron chi connectivity index (χ1n) is 11.0. The number of amides is 2. The van der Waals surface area contributed by atoms with Gasteiger partial charge >= 0.3 is 12.1 Å². The number of nitrogens with one attached hydrogen (secondary N) is 2. The molecule has 0 radical (unpaired) electrons. The van der Waals surface area contributed by atoms with Crippen LogP contribution in [-0.4, -0.2) is 78.2 Å². The van der Waals surface area contributed by atoms with Crippen LogP contribution in [0.3, 0.4) is 0 Å². The molecule has 1 aliphatic heterocycles. The van der Waals surface area contributed by atoms with Crippen molar-refractivity contribution < 1.29 is 32.7 Å². The van der Waals surface area contributed by atoms with Gasteiger partial charge in [0, 0.05) is 46.2 Å². The molecule has 2 rings (SSSR count). The molecular weight excluding hydrogens is 455 g/mol. The standard InChI is InChI=1S/C20H33N5O2.C2HF3O2/c1-14(2)12-25(13-15(3)4)20(27)18-10-17(23-16(5)26)11-22-19(18)24-8-6-21-7-9-24;3-2(4,5)1(6)7/h10-11,14-15,21H,6-9,12-13H2,1-5H3,(H,23,26);(H,6,7). The maximum Gasteiger partial charge on any atom is 0.490 e. The number of carbonyl (C=O) groups excluding carboxylic acids is 2. The average Bonchev–Trinajstić information content (AvgIpc) is 2.72. The van der Waals surface area contributed by atoms with Crippen LogP contribution in [0.15, 0.2) is 12.3 Å². The van der Waals surface area contributed by atoms with Crippen molar-refractivity contribution in [2.24, 2.45) is 11.8 Å². The lowest BCUT2D eigenvalue weighted by atomic mass is 10.1. The number of pyridine rings is 1. The average molecular weight is 490 g/mol. The molecule has 1 aliphatic rings. The first-order chi connectivity index (χ1) is 15.7. The second kappa shape index (κ2) is 13.1. The van der Waals surface area contributed by atoms with E-state index in [1.807, 2.05) is 4.90 Å². The fourth-order valence-electron chi connectivity index (χ4n) is 3.31. The van der Waals surface area contributed by atoms with Gasteiger partial charge in [-0.25, -0.2) is 9.78 Å². The summed E-state index contributed by atoms with van der Waals surface area (Å²) >= 11 is 0. The number of carbonyl (C=O) groups is 3. The highest BCUT2D eigenvalue weighted by molar-refractivity contribution is 6.01. The summed E-state index contributed by atoms with van der Waals surface area (Å²) in [6.45, 7) is 14.7. The molecule has 9 nitrogen and oxygen atoms in total. The number of carboxylic acid groups (broad SMARTS) is 1. The quantitative estimate of drug-likeness (QED) is 0.540. The molecule has 1 aromatic heterocycles. The van der Waals surface area contributed by atoms with E-state index in [2.05, 4.69) is 48.2 Å². The Hall–Kier alpha value is -2.89. The molecule has 3 N–H and O–H groups in total. The third kappa shape index (κ3) is 9.94. The summed E-state index contributed by atoms with van der Waals surface area (Å²) in [7, 11) is 0. The van der Waals surface area contributed by atoms with Crippen LogP contribution in [0.1, 0.15) is 45.0 Å². The smallest absolute Gasteiger partial charge is 0.475 e. The Morgan fingerprint density at radius 1 is 1.15 bits per heavy atom. The molecule has 0 saturated carbocycles. The summed E-state index contributed by atoms with van der Waals surface area (Å²) in [5.41, 5.74) is 1.11. The first kappa shape index (κ1) is 29.1. The molecule has 1 fully saturated rings. The number of halogens is 3. The molecule has 0 bridgehead atoms. The van der Waals surface area contributed by atoms with Crippen LogP contribution in [0.4, 0.5) is 24.7 Å². The molecule has 2 amide bonds. The highest BCUT2D eigenvalue weighted by Crippen LogP contribution is 2.24. The van der Waals surface area contributed by atoms with Gasteiger partial charge in [-0.3, -0.25) is 9.59 Å². The lowest BCUT2D eigenvalue weighted by Crippen LogP contribution is -2.45. The van der Waals surface area contributed by atoms with Crippen molar-refractivity contribution in [2.75, 3.05) is 49.5 Å². The zero-order chi connectivity index (χ0) is 26.1. The molecule has 192 valence electrons. The largest absolute Gasteiger partial charge is 0.490 e. The number of anilines is 2. The molecule has 1 saturated heterocycles. The molecule has 1 aromatic rings. The number of nitrogens with zero attached hydrogens (tertiary/aromatic N) is 3. The van der Waals surface area contributed by atoms with E-state index in [0.717, 1.165) is 26.2 Å². The molecule has 0 aliphatic carbocycles. The lowest BCUT2D eigenvalue weighted by Gasteiger charge is -2.32. The van der Waals surface area contributed by atoms with E-state index < -0.39 is 12.1 Å². The maximum absolute atomic E-state index is 13.4. The predicted octanol–water partition coefficient (Wildman–Crippen LogP) is 2.84. The Bertz CT molecular complexity index is 830. The number of carboxylic acids is 1. The Labute approximate surface area is 197 Å². The van der Waals surface area contributed by atoms with Gasteiger partial charge in [0.2, 0.25) is 5.91 Å². The maximum atomic E-state index is 13.4. The highest BCUT2D eigenvalue weighted by atomic mass is 19.4. The Morgan fingerprint density at radius 2 is 1.65 bits per heavy atom. The van der Waals surface area contributed by atoms with Crippen LogP contribution in [0.2, 0.25) is 0 Å². The molecule has 0 atom stereocenters. The van der Waals surface area contributed by atoms with Gasteiger partial charge in [0.05, 0.1) is 17.4 Å². The Morgan fingerprint density at radius 3 is 2.06 bits per heavy atom. The minimum absolute atomic E-state index is 0.0226. The summed E-state index contributed by atoms with van der Waals surface area (Å²) in [5.74, 6) is -1.50. The number of piperazine rings is 1. The fraction of sp³-hybridized carbons (Fsp3) is 0.636. The minimum Gasteiger partial charge on any atom is -0.475 e. The van der Waals surface area contributed by atoms with Gasteiger partial charge in [0.1, 0.15) is 5.82 Å². The monoisotopic (exact) mass is 489 g/mol. The van der Waals surface area contributed by atoms with E-state index >= 15 is 0 Å². The summed E-state index contributed by atoms with van der Waals surface area (Å²) in [6, 6.07) is 1.77. The molecule has 0 aromatic carbocycles. The van der Waals surface area contributed by atoms with Crippen molar-refractivity contribution in [3.8, 4) is 0 Å². The van der Waals surface area contributed by atoms with Crippen LogP contribution in [0.25, 0.3) is 0 Å². The predicted molar refractivity (Wildman–Crippen MR) is 123 cm³/mol. The minimum atomic E-state index is -5.08. The highest BCUT2D eigenvalue weighted by Gasteiger charge is 2.38. The molecule has 0 spiro atoms. The van der Waals surface area contributed by atoms with Gasteiger partial charge in [-0.15, -0.1) is 0 Å². The van der Waals surface area contributed by atoms with Crippen molar-refractivity contribution >= 4 is 29.3 Å². The Kier molecular flexibility index (Phi) is 11.2. The van der Waals surface area contributed by atoms with Crippen molar-refractivity contribution in [3.05, 3.63) is 17.8 Å². The molecule has 12 heteroatoms. The van der Waals surface area contributed by atoms with Gasteiger partial charge in [0.25, 0.3) is 5.91 Å². The Balaban J connectivity index is 0.000000718. The van der Waals surface area contributed by atoms with Gasteiger partial charge in [0.15, 0.2) is 0 Å². The third-order valence-corrected chi connectivity index (χ3v) is 4.53. The third-order valence-electron chi connectivity index (χ3n) is 4.53. The van der Waals surface area contributed by atoms with Crippen LogP contribution in [0.5, 0.6) is 0 Å². The van der Waals surface area contributed by atoms with E-state index in [4.69, 9.17) is 9.90 Å².